The summed E-state index contributed by atoms with van der Waals surface area (Å²) in [6.45, 7) is 0.365. The molecule has 1 atom stereocenters. The maximum Gasteiger partial charge on any atom is 0.402 e. The number of rotatable bonds is 4. The molecule has 0 radical (unpaired) electrons. The molecule has 0 aliphatic carbocycles. The zero-order chi connectivity index (χ0) is 12.3. The summed E-state index contributed by atoms with van der Waals surface area (Å²) >= 11 is 2.63. The van der Waals surface area contributed by atoms with Gasteiger partial charge in [0.15, 0.2) is 0 Å². The lowest BCUT2D eigenvalue weighted by Gasteiger charge is -2.21. The van der Waals surface area contributed by atoms with E-state index in [2.05, 4.69) is 21.0 Å². The minimum atomic E-state index is -4.21. The molecule has 92 valence electrons. The maximum atomic E-state index is 12.3. The number of halogens is 4. The molecule has 0 aliphatic rings. The van der Waals surface area contributed by atoms with E-state index in [0.717, 1.165) is 5.56 Å². The summed E-state index contributed by atoms with van der Waals surface area (Å²) in [6.07, 6.45) is -0.774. The van der Waals surface area contributed by atoms with Crippen LogP contribution >= 0.6 is 15.9 Å². The Balaban J connectivity index is 2.45. The summed E-state index contributed by atoms with van der Waals surface area (Å²) in [5.74, 6) is 0. The third-order valence-electron chi connectivity index (χ3n) is 2.04. The van der Waals surface area contributed by atoms with Crippen molar-refractivity contribution in [1.29, 1.82) is 0 Å². The molecule has 1 aromatic heterocycles. The first-order chi connectivity index (χ1) is 7.29. The van der Waals surface area contributed by atoms with Crippen LogP contribution in [0.2, 0.25) is 0 Å². The van der Waals surface area contributed by atoms with E-state index in [0.29, 0.717) is 6.54 Å². The zero-order valence-electron chi connectivity index (χ0n) is 9.00. The van der Waals surface area contributed by atoms with Crippen LogP contribution in [0.3, 0.4) is 0 Å². The van der Waals surface area contributed by atoms with Gasteiger partial charge < -0.3 is 4.90 Å². The first-order valence-corrected chi connectivity index (χ1v) is 5.57. The van der Waals surface area contributed by atoms with Crippen LogP contribution in [0.15, 0.2) is 12.4 Å². The third-order valence-corrected chi connectivity index (χ3v) is 2.85. The van der Waals surface area contributed by atoms with Crippen LogP contribution in [0, 0.1) is 0 Å². The largest absolute Gasteiger partial charge is 0.402 e. The van der Waals surface area contributed by atoms with E-state index >= 15 is 0 Å². The molecule has 0 saturated heterocycles. The van der Waals surface area contributed by atoms with E-state index in [4.69, 9.17) is 0 Å². The van der Waals surface area contributed by atoms with Crippen molar-refractivity contribution in [2.45, 2.75) is 17.5 Å². The molecule has 1 unspecified atom stereocenters. The van der Waals surface area contributed by atoms with Gasteiger partial charge in [0.2, 0.25) is 0 Å². The fourth-order valence-corrected chi connectivity index (χ4v) is 1.80. The smallest absolute Gasteiger partial charge is 0.301 e. The van der Waals surface area contributed by atoms with Crippen LogP contribution in [-0.4, -0.2) is 39.3 Å². The molecule has 16 heavy (non-hydrogen) atoms. The highest BCUT2D eigenvalue weighted by Crippen LogP contribution is 2.26. The van der Waals surface area contributed by atoms with Gasteiger partial charge >= 0.3 is 6.18 Å². The van der Waals surface area contributed by atoms with Gasteiger partial charge in [0.05, 0.1) is 6.20 Å². The summed E-state index contributed by atoms with van der Waals surface area (Å²) in [5, 5.41) is 3.95. The van der Waals surface area contributed by atoms with E-state index in [9.17, 15) is 13.2 Å². The molecule has 0 bridgehead atoms. The van der Waals surface area contributed by atoms with Crippen LogP contribution in [0.25, 0.3) is 0 Å². The van der Waals surface area contributed by atoms with Crippen molar-refractivity contribution in [1.82, 2.24) is 14.7 Å². The van der Waals surface area contributed by atoms with Crippen molar-refractivity contribution >= 4 is 15.9 Å². The number of nitrogens with zero attached hydrogens (tertiary/aromatic N) is 3. The van der Waals surface area contributed by atoms with Crippen molar-refractivity contribution < 1.29 is 13.2 Å². The van der Waals surface area contributed by atoms with Gasteiger partial charge in [-0.25, -0.2) is 0 Å². The van der Waals surface area contributed by atoms with Gasteiger partial charge in [-0.05, 0) is 7.05 Å². The van der Waals surface area contributed by atoms with E-state index in [1.54, 1.807) is 36.1 Å². The van der Waals surface area contributed by atoms with Crippen LogP contribution in [0.1, 0.15) is 5.56 Å². The molecule has 7 heteroatoms. The minimum Gasteiger partial charge on any atom is -0.301 e. The second kappa shape index (κ2) is 5.18. The minimum absolute atomic E-state index is 0.0849. The molecule has 0 saturated carbocycles. The van der Waals surface area contributed by atoms with Crippen molar-refractivity contribution in [3.05, 3.63) is 18.0 Å². The van der Waals surface area contributed by atoms with Crippen molar-refractivity contribution in [3.63, 3.8) is 0 Å². The van der Waals surface area contributed by atoms with Crippen LogP contribution in [0.4, 0.5) is 13.2 Å². The van der Waals surface area contributed by atoms with Crippen molar-refractivity contribution in [2.75, 3.05) is 13.6 Å². The molecular weight excluding hydrogens is 287 g/mol. The molecule has 0 spiro atoms. The molecule has 1 heterocycles. The van der Waals surface area contributed by atoms with Crippen molar-refractivity contribution in [2.24, 2.45) is 7.05 Å². The fraction of sp³-hybridized carbons (Fsp3) is 0.667. The monoisotopic (exact) mass is 299 g/mol. The Morgan fingerprint density at radius 3 is 2.62 bits per heavy atom. The Kier molecular flexibility index (Phi) is 4.37. The van der Waals surface area contributed by atoms with Gasteiger partial charge in [0.1, 0.15) is 4.83 Å². The Bertz CT molecular complexity index is 337. The summed E-state index contributed by atoms with van der Waals surface area (Å²) in [6, 6.07) is 0. The molecule has 0 aliphatic heterocycles. The summed E-state index contributed by atoms with van der Waals surface area (Å²) in [7, 11) is 3.42. The van der Waals surface area contributed by atoms with Crippen LogP contribution in [0.5, 0.6) is 0 Å². The van der Waals surface area contributed by atoms with E-state index in [1.165, 1.54) is 0 Å². The summed E-state index contributed by atoms with van der Waals surface area (Å²) in [5.41, 5.74) is 0.895. The average molecular weight is 300 g/mol. The Morgan fingerprint density at radius 2 is 2.19 bits per heavy atom. The lowest BCUT2D eigenvalue weighted by molar-refractivity contribution is -0.130. The van der Waals surface area contributed by atoms with E-state index in [-0.39, 0.29) is 6.54 Å². The maximum absolute atomic E-state index is 12.3. The molecule has 0 aromatic carbocycles. The Labute approximate surface area is 100 Å². The van der Waals surface area contributed by atoms with Gasteiger partial charge in [-0.1, -0.05) is 15.9 Å². The predicted molar refractivity (Wildman–Crippen MR) is 58.3 cm³/mol. The number of aromatic nitrogens is 2. The molecule has 3 nitrogen and oxygen atoms in total. The van der Waals surface area contributed by atoms with Crippen LogP contribution in [-0.2, 0) is 13.6 Å². The third kappa shape index (κ3) is 4.13. The van der Waals surface area contributed by atoms with Gasteiger partial charge in [0, 0.05) is 31.9 Å². The first kappa shape index (κ1) is 13.5. The van der Waals surface area contributed by atoms with Crippen molar-refractivity contribution in [3.8, 4) is 0 Å². The summed E-state index contributed by atoms with van der Waals surface area (Å²) < 4.78 is 38.4. The first-order valence-electron chi connectivity index (χ1n) is 4.66. The van der Waals surface area contributed by atoms with Gasteiger partial charge in [0.25, 0.3) is 0 Å². The number of alkyl halides is 4. The molecule has 1 rings (SSSR count). The SMILES string of the molecule is CN(Cc1cnn(C)c1)CC(Br)C(F)(F)F. The van der Waals surface area contributed by atoms with E-state index < -0.39 is 11.0 Å². The standard InChI is InChI=1S/C9H13BrF3N3/c1-15(6-8(10)9(11,12)13)4-7-3-14-16(2)5-7/h3,5,8H,4,6H2,1-2H3. The molecule has 0 amide bonds. The Morgan fingerprint density at radius 1 is 1.56 bits per heavy atom. The quantitative estimate of drug-likeness (QED) is 0.795. The second-order valence-electron chi connectivity index (χ2n) is 3.73. The highest BCUT2D eigenvalue weighted by molar-refractivity contribution is 9.09. The number of aryl methyl sites for hydroxylation is 1. The summed E-state index contributed by atoms with van der Waals surface area (Å²) in [4.78, 5) is 0.103. The Hall–Kier alpha value is -0.560. The normalized spacial score (nSPS) is 14.4. The van der Waals surface area contributed by atoms with E-state index in [1.807, 2.05) is 0 Å². The lowest BCUT2D eigenvalue weighted by Crippen LogP contribution is -2.34. The number of hydrogen-bond donors (Lipinski definition) is 0. The zero-order valence-corrected chi connectivity index (χ0v) is 10.6. The highest BCUT2D eigenvalue weighted by Gasteiger charge is 2.38. The van der Waals surface area contributed by atoms with Gasteiger partial charge in [-0.15, -0.1) is 0 Å². The van der Waals surface area contributed by atoms with Gasteiger partial charge in [-0.2, -0.15) is 18.3 Å². The average Bonchev–Trinajstić information content (AvgIpc) is 2.49. The molecular formula is C9H13BrF3N3. The molecule has 0 fully saturated rings. The predicted octanol–water partition coefficient (Wildman–Crippen LogP) is 2.18. The number of hydrogen-bond acceptors (Lipinski definition) is 2. The topological polar surface area (TPSA) is 21.1 Å². The fourth-order valence-electron chi connectivity index (χ4n) is 1.31. The van der Waals surface area contributed by atoms with Gasteiger partial charge in [-0.3, -0.25) is 4.68 Å². The molecule has 0 N–H and O–H groups in total. The lowest BCUT2D eigenvalue weighted by atomic mass is 10.3. The second-order valence-corrected chi connectivity index (χ2v) is 4.83. The van der Waals surface area contributed by atoms with Crippen LogP contribution < -0.4 is 0 Å². The molecule has 1 aromatic rings. The highest BCUT2D eigenvalue weighted by atomic mass is 79.9.